The molecule has 0 bridgehead atoms. The van der Waals surface area contributed by atoms with Crippen LogP contribution in [-0.4, -0.2) is 39.4 Å². The minimum atomic E-state index is -0.258. The lowest BCUT2D eigenvalue weighted by atomic mass is 9.85. The Kier molecular flexibility index (Phi) is 5.57. The fraction of sp³-hybridized carbons (Fsp3) is 0.588. The number of likely N-dealkylation sites (tertiary alicyclic amines) is 1. The van der Waals surface area contributed by atoms with Gasteiger partial charge in [-0.15, -0.1) is 10.2 Å². The second kappa shape index (κ2) is 7.86. The summed E-state index contributed by atoms with van der Waals surface area (Å²) in [5.74, 6) is -1.05. The van der Waals surface area contributed by atoms with Crippen LogP contribution in [0.3, 0.4) is 0 Å². The number of rotatable bonds is 7. The molecule has 1 aromatic heterocycles. The highest BCUT2D eigenvalue weighted by molar-refractivity contribution is 7.15. The van der Waals surface area contributed by atoms with Crippen LogP contribution >= 0.6 is 11.3 Å². The first kappa shape index (κ1) is 17.7. The molecule has 1 fully saturated rings. The van der Waals surface area contributed by atoms with Crippen molar-refractivity contribution < 1.29 is 14.4 Å². The largest absolute Gasteiger partial charge is 0.300 e. The Morgan fingerprint density at radius 1 is 1.24 bits per heavy atom. The van der Waals surface area contributed by atoms with Crippen molar-refractivity contribution in [3.63, 3.8) is 0 Å². The van der Waals surface area contributed by atoms with Crippen LogP contribution in [0.2, 0.25) is 0 Å². The molecule has 8 heteroatoms. The number of aryl methyl sites for hydroxylation is 1. The van der Waals surface area contributed by atoms with E-state index < -0.39 is 0 Å². The van der Waals surface area contributed by atoms with E-state index in [1.807, 2.05) is 12.2 Å². The van der Waals surface area contributed by atoms with Crippen LogP contribution in [0.4, 0.5) is 5.13 Å². The molecule has 7 nitrogen and oxygen atoms in total. The van der Waals surface area contributed by atoms with E-state index in [2.05, 4.69) is 22.4 Å². The van der Waals surface area contributed by atoms with Gasteiger partial charge >= 0.3 is 0 Å². The van der Waals surface area contributed by atoms with Crippen molar-refractivity contribution in [1.82, 2.24) is 15.1 Å². The van der Waals surface area contributed by atoms with Crippen molar-refractivity contribution in [3.8, 4) is 0 Å². The number of fused-ring (bicyclic) bond motifs is 1. The molecular weight excluding hydrogens is 340 g/mol. The molecule has 0 spiro atoms. The standard InChI is InChI=1S/C17H22N4O3S/c1-2-3-8-14-19-20-17(25-14)18-13(22)9-10-21-15(23)11-6-4-5-7-12(11)16(21)24/h4-5,11-12H,2-3,6-10H2,1H3,(H,18,20,22)/t11-,12-/m1/s1. The Morgan fingerprint density at radius 3 is 2.56 bits per heavy atom. The lowest BCUT2D eigenvalue weighted by Gasteiger charge is -2.14. The van der Waals surface area contributed by atoms with Gasteiger partial charge in [-0.2, -0.15) is 0 Å². The van der Waals surface area contributed by atoms with Crippen molar-refractivity contribution in [2.75, 3.05) is 11.9 Å². The molecule has 0 saturated carbocycles. The second-order valence-electron chi connectivity index (χ2n) is 6.39. The number of carbonyl (C=O) groups excluding carboxylic acids is 3. The van der Waals surface area contributed by atoms with Gasteiger partial charge in [0.05, 0.1) is 11.8 Å². The average molecular weight is 362 g/mol. The van der Waals surface area contributed by atoms with Crippen molar-refractivity contribution >= 4 is 34.2 Å². The molecule has 2 heterocycles. The van der Waals surface area contributed by atoms with Gasteiger partial charge in [-0.25, -0.2) is 0 Å². The van der Waals surface area contributed by atoms with Gasteiger partial charge in [0, 0.05) is 19.4 Å². The summed E-state index contributed by atoms with van der Waals surface area (Å²) in [6, 6.07) is 0. The Morgan fingerprint density at radius 2 is 1.92 bits per heavy atom. The lowest BCUT2D eigenvalue weighted by Crippen LogP contribution is -2.34. The molecule has 0 unspecified atom stereocenters. The minimum absolute atomic E-state index is 0.0776. The molecule has 0 aromatic carbocycles. The Balaban J connectivity index is 1.50. The van der Waals surface area contributed by atoms with Gasteiger partial charge in [0.2, 0.25) is 22.9 Å². The number of hydrogen-bond donors (Lipinski definition) is 1. The van der Waals surface area contributed by atoms with E-state index in [0.717, 1.165) is 24.3 Å². The smallest absolute Gasteiger partial charge is 0.233 e. The number of amides is 3. The van der Waals surface area contributed by atoms with Crippen LogP contribution < -0.4 is 5.32 Å². The average Bonchev–Trinajstić information content (AvgIpc) is 3.15. The molecule has 0 radical (unpaired) electrons. The van der Waals surface area contributed by atoms with E-state index in [1.54, 1.807) is 0 Å². The summed E-state index contributed by atoms with van der Waals surface area (Å²) >= 11 is 1.37. The van der Waals surface area contributed by atoms with E-state index in [0.29, 0.717) is 18.0 Å². The van der Waals surface area contributed by atoms with Crippen LogP contribution in [0.15, 0.2) is 12.2 Å². The van der Waals surface area contributed by atoms with E-state index >= 15 is 0 Å². The number of nitrogens with zero attached hydrogens (tertiary/aromatic N) is 3. The van der Waals surface area contributed by atoms with Crippen LogP contribution in [0.5, 0.6) is 0 Å². The maximum absolute atomic E-state index is 12.3. The molecule has 1 saturated heterocycles. The second-order valence-corrected chi connectivity index (χ2v) is 7.45. The number of allylic oxidation sites excluding steroid dienone is 2. The first-order valence-electron chi connectivity index (χ1n) is 8.72. The number of imide groups is 1. The Labute approximate surface area is 150 Å². The molecule has 2 aliphatic rings. The fourth-order valence-corrected chi connectivity index (χ4v) is 4.02. The lowest BCUT2D eigenvalue weighted by molar-refractivity contribution is -0.140. The molecule has 134 valence electrons. The van der Waals surface area contributed by atoms with Gasteiger partial charge in [0.25, 0.3) is 0 Å². The van der Waals surface area contributed by atoms with Crippen LogP contribution in [0, 0.1) is 11.8 Å². The molecule has 1 aromatic rings. The summed E-state index contributed by atoms with van der Waals surface area (Å²) in [5, 5.41) is 12.1. The van der Waals surface area contributed by atoms with Gasteiger partial charge in [0.15, 0.2) is 0 Å². The zero-order valence-corrected chi connectivity index (χ0v) is 15.1. The van der Waals surface area contributed by atoms with Crippen LogP contribution in [0.1, 0.15) is 44.0 Å². The third-order valence-electron chi connectivity index (χ3n) is 4.62. The monoisotopic (exact) mass is 362 g/mol. The molecule has 25 heavy (non-hydrogen) atoms. The Bertz CT molecular complexity index is 674. The molecular formula is C17H22N4O3S. The highest BCUT2D eigenvalue weighted by atomic mass is 32.1. The fourth-order valence-electron chi connectivity index (χ4n) is 3.22. The maximum Gasteiger partial charge on any atom is 0.233 e. The summed E-state index contributed by atoms with van der Waals surface area (Å²) in [6.07, 6.45) is 8.19. The minimum Gasteiger partial charge on any atom is -0.300 e. The van der Waals surface area contributed by atoms with E-state index in [-0.39, 0.29) is 42.5 Å². The summed E-state index contributed by atoms with van der Waals surface area (Å²) in [7, 11) is 0. The van der Waals surface area contributed by atoms with Crippen LogP contribution in [0.25, 0.3) is 0 Å². The molecule has 3 amide bonds. The summed E-state index contributed by atoms with van der Waals surface area (Å²) in [4.78, 5) is 38.0. The first-order valence-corrected chi connectivity index (χ1v) is 9.54. The first-order chi connectivity index (χ1) is 12.1. The SMILES string of the molecule is CCCCc1nnc(NC(=O)CCN2C(=O)[C@@H]3CC=CC[C@H]3C2=O)s1. The van der Waals surface area contributed by atoms with Gasteiger partial charge < -0.3 is 5.32 Å². The van der Waals surface area contributed by atoms with Gasteiger partial charge in [0.1, 0.15) is 5.01 Å². The number of carbonyl (C=O) groups is 3. The normalized spacial score (nSPS) is 22.4. The summed E-state index contributed by atoms with van der Waals surface area (Å²) < 4.78 is 0. The summed E-state index contributed by atoms with van der Waals surface area (Å²) in [6.45, 7) is 2.23. The molecule has 1 N–H and O–H groups in total. The highest BCUT2D eigenvalue weighted by Gasteiger charge is 2.46. The number of nitrogens with one attached hydrogen (secondary N) is 1. The van der Waals surface area contributed by atoms with Crippen LogP contribution in [-0.2, 0) is 20.8 Å². The number of anilines is 1. The summed E-state index contributed by atoms with van der Waals surface area (Å²) in [5.41, 5.74) is 0. The third kappa shape index (κ3) is 3.95. The van der Waals surface area contributed by atoms with E-state index in [1.165, 1.54) is 16.2 Å². The topological polar surface area (TPSA) is 92.3 Å². The number of aromatic nitrogens is 2. The molecule has 2 atom stereocenters. The van der Waals surface area contributed by atoms with Crippen molar-refractivity contribution in [1.29, 1.82) is 0 Å². The molecule has 1 aliphatic carbocycles. The maximum atomic E-state index is 12.3. The predicted molar refractivity (Wildman–Crippen MR) is 93.8 cm³/mol. The predicted octanol–water partition coefficient (Wildman–Crippen LogP) is 2.16. The van der Waals surface area contributed by atoms with E-state index in [4.69, 9.17) is 0 Å². The van der Waals surface area contributed by atoms with Gasteiger partial charge in [-0.1, -0.05) is 36.8 Å². The highest BCUT2D eigenvalue weighted by Crippen LogP contribution is 2.35. The van der Waals surface area contributed by atoms with Gasteiger partial charge in [-0.3, -0.25) is 19.3 Å². The Hall–Kier alpha value is -2.09. The van der Waals surface area contributed by atoms with Crippen molar-refractivity contribution in [2.24, 2.45) is 11.8 Å². The molecule has 3 rings (SSSR count). The quantitative estimate of drug-likeness (QED) is 0.593. The van der Waals surface area contributed by atoms with Crippen molar-refractivity contribution in [2.45, 2.75) is 45.4 Å². The third-order valence-corrected chi connectivity index (χ3v) is 5.52. The zero-order valence-electron chi connectivity index (χ0n) is 14.2. The van der Waals surface area contributed by atoms with E-state index in [9.17, 15) is 14.4 Å². The zero-order chi connectivity index (χ0) is 17.8. The molecule has 1 aliphatic heterocycles. The van der Waals surface area contributed by atoms with Gasteiger partial charge in [-0.05, 0) is 19.3 Å². The van der Waals surface area contributed by atoms with Crippen molar-refractivity contribution in [3.05, 3.63) is 17.2 Å². The number of hydrogen-bond acceptors (Lipinski definition) is 6. The number of unbranched alkanes of at least 4 members (excludes halogenated alkanes) is 1.